The van der Waals surface area contributed by atoms with Gasteiger partial charge in [0.15, 0.2) is 0 Å². The summed E-state index contributed by atoms with van der Waals surface area (Å²) in [6.45, 7) is 0. The molecule has 47 heavy (non-hydrogen) atoms. The third kappa shape index (κ3) is 3.99. The maximum atomic E-state index is 5.33. The van der Waals surface area contributed by atoms with Crippen molar-refractivity contribution in [1.82, 2.24) is 4.98 Å². The van der Waals surface area contributed by atoms with Gasteiger partial charge in [0.25, 0.3) is 0 Å². The van der Waals surface area contributed by atoms with Crippen molar-refractivity contribution >= 4 is 74.9 Å². The summed E-state index contributed by atoms with van der Waals surface area (Å²) in [5.74, 6) is 0. The number of hydrogen-bond acceptors (Lipinski definition) is 2. The summed E-state index contributed by atoms with van der Waals surface area (Å²) in [5, 5.41) is 9.94. The first kappa shape index (κ1) is 26.4. The van der Waals surface area contributed by atoms with Gasteiger partial charge in [-0.05, 0) is 78.3 Å². The van der Waals surface area contributed by atoms with E-state index in [0.29, 0.717) is 0 Å². The van der Waals surface area contributed by atoms with Crippen LogP contribution in [0.3, 0.4) is 0 Å². The van der Waals surface area contributed by atoms with E-state index in [9.17, 15) is 0 Å². The minimum atomic E-state index is 1.03. The van der Waals surface area contributed by atoms with Crippen LogP contribution >= 0.6 is 11.3 Å². The first-order valence-electron chi connectivity index (χ1n) is 16.1. The second kappa shape index (κ2) is 10.3. The van der Waals surface area contributed by atoms with Crippen LogP contribution in [0, 0.1) is 0 Å². The number of aromatic nitrogens is 1. The summed E-state index contributed by atoms with van der Waals surface area (Å²) < 4.78 is 2.50. The zero-order valence-corrected chi connectivity index (χ0v) is 26.3. The van der Waals surface area contributed by atoms with Gasteiger partial charge in [-0.2, -0.15) is 0 Å². The summed E-state index contributed by atoms with van der Waals surface area (Å²) in [6.07, 6.45) is 0. The summed E-state index contributed by atoms with van der Waals surface area (Å²) in [5.41, 5.74) is 9.59. The SMILES string of the molecule is c1ccc(-c2c3ccccc3c(-c3ccccc3)c3cc(-c4c5sc6ccccc6c5nc5ccc6ccccc6c45)ccc23)cc1. The summed E-state index contributed by atoms with van der Waals surface area (Å²) in [6, 6.07) is 59.6. The van der Waals surface area contributed by atoms with Gasteiger partial charge in [-0.15, -0.1) is 11.3 Å². The van der Waals surface area contributed by atoms with Crippen molar-refractivity contribution in [1.29, 1.82) is 0 Å². The topological polar surface area (TPSA) is 12.9 Å². The van der Waals surface area contributed by atoms with Crippen molar-refractivity contribution < 1.29 is 0 Å². The van der Waals surface area contributed by atoms with Crippen molar-refractivity contribution in [3.05, 3.63) is 164 Å². The van der Waals surface area contributed by atoms with E-state index in [0.717, 1.165) is 11.0 Å². The smallest absolute Gasteiger partial charge is 0.0902 e. The maximum absolute atomic E-state index is 5.33. The lowest BCUT2D eigenvalue weighted by Crippen LogP contribution is -1.93. The van der Waals surface area contributed by atoms with Crippen LogP contribution in [-0.2, 0) is 0 Å². The molecule has 0 fully saturated rings. The molecule has 1 nitrogen and oxygen atoms in total. The van der Waals surface area contributed by atoms with Crippen LogP contribution < -0.4 is 0 Å². The lowest BCUT2D eigenvalue weighted by Gasteiger charge is -2.19. The van der Waals surface area contributed by atoms with E-state index in [1.54, 1.807) is 0 Å². The molecule has 0 aliphatic carbocycles. The molecule has 2 heteroatoms. The zero-order valence-electron chi connectivity index (χ0n) is 25.4. The number of benzene rings is 8. The van der Waals surface area contributed by atoms with Gasteiger partial charge in [-0.1, -0.05) is 146 Å². The Morgan fingerprint density at radius 1 is 0.383 bits per heavy atom. The highest BCUT2D eigenvalue weighted by Crippen LogP contribution is 2.48. The van der Waals surface area contributed by atoms with Gasteiger partial charge >= 0.3 is 0 Å². The molecule has 0 unspecified atom stereocenters. The van der Waals surface area contributed by atoms with Gasteiger partial charge in [-0.25, -0.2) is 4.98 Å². The molecule has 10 aromatic rings. The average molecular weight is 614 g/mol. The van der Waals surface area contributed by atoms with Gasteiger partial charge in [-0.3, -0.25) is 0 Å². The summed E-state index contributed by atoms with van der Waals surface area (Å²) in [7, 11) is 0. The first-order valence-corrected chi connectivity index (χ1v) is 16.9. The van der Waals surface area contributed by atoms with Crippen molar-refractivity contribution in [2.75, 3.05) is 0 Å². The maximum Gasteiger partial charge on any atom is 0.0902 e. The van der Waals surface area contributed by atoms with Crippen molar-refractivity contribution in [3.63, 3.8) is 0 Å². The molecule has 0 aliphatic rings. The van der Waals surface area contributed by atoms with Gasteiger partial charge in [0.05, 0.1) is 15.7 Å². The molecule has 10 rings (SSSR count). The molecule has 0 saturated heterocycles. The number of rotatable bonds is 3. The van der Waals surface area contributed by atoms with E-state index in [2.05, 4.69) is 164 Å². The summed E-state index contributed by atoms with van der Waals surface area (Å²) >= 11 is 1.85. The standard InChI is InChI=1S/C45H27NS/c1-3-14-29(15-4-1)40-33-19-9-10-20-34(33)41(30-16-5-2-6-17-30)37-27-31(23-25-35(37)40)42-43-32-18-8-7-13-28(32)24-26-38(43)46-44-36-21-11-12-22-39(36)47-45(42)44/h1-27H. The average Bonchev–Trinajstić information content (AvgIpc) is 3.51. The quantitative estimate of drug-likeness (QED) is 0.143. The first-order chi connectivity index (χ1) is 23.3. The van der Waals surface area contributed by atoms with E-state index in [4.69, 9.17) is 4.98 Å². The fourth-order valence-electron chi connectivity index (χ4n) is 7.60. The highest BCUT2D eigenvalue weighted by Gasteiger charge is 2.21. The molecule has 0 spiro atoms. The van der Waals surface area contributed by atoms with Gasteiger partial charge in [0.1, 0.15) is 0 Å². The van der Waals surface area contributed by atoms with Gasteiger partial charge in [0.2, 0.25) is 0 Å². The van der Waals surface area contributed by atoms with Crippen LogP contribution in [0.5, 0.6) is 0 Å². The van der Waals surface area contributed by atoms with Crippen molar-refractivity contribution in [3.8, 4) is 33.4 Å². The van der Waals surface area contributed by atoms with Crippen LogP contribution in [0.1, 0.15) is 0 Å². The predicted octanol–water partition coefficient (Wildman–Crippen LogP) is 13.1. The van der Waals surface area contributed by atoms with Crippen LogP contribution in [0.25, 0.3) is 96.9 Å². The molecule has 0 N–H and O–H groups in total. The molecule has 0 amide bonds. The lowest BCUT2D eigenvalue weighted by atomic mass is 9.84. The Morgan fingerprint density at radius 2 is 0.957 bits per heavy atom. The largest absolute Gasteiger partial charge is 0.246 e. The van der Waals surface area contributed by atoms with Gasteiger partial charge < -0.3 is 0 Å². The van der Waals surface area contributed by atoms with E-state index in [1.807, 2.05) is 11.3 Å². The molecule has 0 aliphatic heterocycles. The second-order valence-corrected chi connectivity index (χ2v) is 13.3. The Bertz CT molecular complexity index is 2830. The number of nitrogens with zero attached hydrogens (tertiary/aromatic N) is 1. The molecule has 0 radical (unpaired) electrons. The Labute approximate surface area is 276 Å². The number of pyridine rings is 1. The normalized spacial score (nSPS) is 11.8. The number of thiophene rings is 1. The molecular formula is C45H27NS. The molecule has 0 saturated carbocycles. The predicted molar refractivity (Wildman–Crippen MR) is 203 cm³/mol. The fraction of sp³-hybridized carbons (Fsp3) is 0. The zero-order chi connectivity index (χ0) is 30.9. The molecule has 0 atom stereocenters. The van der Waals surface area contributed by atoms with Gasteiger partial charge in [0, 0.05) is 21.0 Å². The Balaban J connectivity index is 1.41. The van der Waals surface area contributed by atoms with Crippen LogP contribution in [-0.4, -0.2) is 4.98 Å². The monoisotopic (exact) mass is 613 g/mol. The van der Waals surface area contributed by atoms with Crippen molar-refractivity contribution in [2.24, 2.45) is 0 Å². The van der Waals surface area contributed by atoms with Crippen molar-refractivity contribution in [2.45, 2.75) is 0 Å². The molecule has 2 heterocycles. The van der Waals surface area contributed by atoms with E-state index < -0.39 is 0 Å². The Kier molecular flexibility index (Phi) is 5.81. The number of fused-ring (bicyclic) bond motifs is 8. The molecular weight excluding hydrogens is 587 g/mol. The molecule has 218 valence electrons. The van der Waals surface area contributed by atoms with E-state index in [1.165, 1.54) is 85.9 Å². The Morgan fingerprint density at radius 3 is 1.68 bits per heavy atom. The Hall–Kier alpha value is -5.83. The highest BCUT2D eigenvalue weighted by atomic mass is 32.1. The highest BCUT2D eigenvalue weighted by molar-refractivity contribution is 7.26. The second-order valence-electron chi connectivity index (χ2n) is 12.2. The molecule has 2 aromatic heterocycles. The summed E-state index contributed by atoms with van der Waals surface area (Å²) in [4.78, 5) is 5.33. The number of hydrogen-bond donors (Lipinski definition) is 0. The third-order valence-corrected chi connectivity index (χ3v) is 10.8. The minimum absolute atomic E-state index is 1.03. The lowest BCUT2D eigenvalue weighted by molar-refractivity contribution is 1.54. The van der Waals surface area contributed by atoms with E-state index >= 15 is 0 Å². The molecule has 8 aromatic carbocycles. The van der Waals surface area contributed by atoms with Crippen LogP contribution in [0.4, 0.5) is 0 Å². The minimum Gasteiger partial charge on any atom is -0.246 e. The van der Waals surface area contributed by atoms with Crippen LogP contribution in [0.15, 0.2) is 164 Å². The fourth-order valence-corrected chi connectivity index (χ4v) is 8.82. The molecule has 0 bridgehead atoms. The van der Waals surface area contributed by atoms with Crippen LogP contribution in [0.2, 0.25) is 0 Å². The third-order valence-electron chi connectivity index (χ3n) is 9.62. The van der Waals surface area contributed by atoms with E-state index in [-0.39, 0.29) is 0 Å².